The van der Waals surface area contributed by atoms with Gasteiger partial charge in [-0.05, 0) is 30.0 Å². The van der Waals surface area contributed by atoms with Gasteiger partial charge in [-0.1, -0.05) is 32.6 Å². The van der Waals surface area contributed by atoms with Crippen molar-refractivity contribution in [2.45, 2.75) is 32.1 Å². The molecular formula is C15H21FN2O2S. The molecule has 116 valence electrons. The van der Waals surface area contributed by atoms with Gasteiger partial charge in [-0.15, -0.1) is 0 Å². The Morgan fingerprint density at radius 3 is 2.57 bits per heavy atom. The molecule has 21 heavy (non-hydrogen) atoms. The number of rotatable bonds is 5. The Kier molecular flexibility index (Phi) is 5.90. The van der Waals surface area contributed by atoms with E-state index >= 15 is 0 Å². The summed E-state index contributed by atoms with van der Waals surface area (Å²) >= 11 is 0. The topological polar surface area (TPSA) is 72.2 Å². The van der Waals surface area contributed by atoms with E-state index in [4.69, 9.17) is 5.73 Å². The molecule has 0 saturated carbocycles. The van der Waals surface area contributed by atoms with E-state index in [1.807, 2.05) is 20.8 Å². The van der Waals surface area contributed by atoms with Gasteiger partial charge >= 0.3 is 0 Å². The second kappa shape index (κ2) is 7.03. The third-order valence-electron chi connectivity index (χ3n) is 3.25. The molecule has 0 heterocycles. The fourth-order valence-electron chi connectivity index (χ4n) is 1.44. The molecule has 0 aliphatic rings. The van der Waals surface area contributed by atoms with Gasteiger partial charge in [0.25, 0.3) is 0 Å². The van der Waals surface area contributed by atoms with E-state index in [9.17, 15) is 12.8 Å². The predicted octanol–water partition coefficient (Wildman–Crippen LogP) is 1.85. The maximum atomic E-state index is 14.0. The number of benzene rings is 1. The average Bonchev–Trinajstić information content (AvgIpc) is 2.43. The van der Waals surface area contributed by atoms with Gasteiger partial charge in [0.2, 0.25) is 10.0 Å². The van der Waals surface area contributed by atoms with Crippen molar-refractivity contribution in [2.24, 2.45) is 11.1 Å². The van der Waals surface area contributed by atoms with Crippen molar-refractivity contribution in [2.75, 3.05) is 13.1 Å². The normalized spacial score (nSPS) is 11.9. The highest BCUT2D eigenvalue weighted by Crippen LogP contribution is 2.20. The van der Waals surface area contributed by atoms with Gasteiger partial charge in [-0.2, -0.15) is 0 Å². The summed E-state index contributed by atoms with van der Waals surface area (Å²) < 4.78 is 40.7. The molecule has 0 atom stereocenters. The van der Waals surface area contributed by atoms with Gasteiger partial charge < -0.3 is 5.73 Å². The van der Waals surface area contributed by atoms with Crippen molar-refractivity contribution >= 4 is 10.0 Å². The van der Waals surface area contributed by atoms with E-state index in [1.165, 1.54) is 12.1 Å². The number of nitrogens with one attached hydrogen (secondary N) is 1. The molecular weight excluding hydrogens is 291 g/mol. The number of halogens is 1. The molecule has 0 aliphatic heterocycles. The summed E-state index contributed by atoms with van der Waals surface area (Å²) in [5.74, 6) is 4.43. The van der Waals surface area contributed by atoms with E-state index < -0.39 is 15.8 Å². The maximum absolute atomic E-state index is 14.0. The van der Waals surface area contributed by atoms with E-state index in [0.29, 0.717) is 5.56 Å². The van der Waals surface area contributed by atoms with Gasteiger partial charge in [0.1, 0.15) is 10.7 Å². The zero-order chi connectivity index (χ0) is 16.1. The first-order valence-electron chi connectivity index (χ1n) is 6.70. The zero-order valence-corrected chi connectivity index (χ0v) is 13.3. The number of sulfonamides is 1. The molecule has 1 rings (SSSR count). The average molecular weight is 312 g/mol. The van der Waals surface area contributed by atoms with Crippen molar-refractivity contribution < 1.29 is 12.8 Å². The quantitative estimate of drug-likeness (QED) is 0.815. The van der Waals surface area contributed by atoms with Crippen molar-refractivity contribution in [3.63, 3.8) is 0 Å². The molecule has 0 radical (unpaired) electrons. The van der Waals surface area contributed by atoms with E-state index in [1.54, 1.807) is 0 Å². The monoisotopic (exact) mass is 312 g/mol. The highest BCUT2D eigenvalue weighted by Gasteiger charge is 2.23. The molecule has 0 fully saturated rings. The molecule has 0 aliphatic carbocycles. The summed E-state index contributed by atoms with van der Waals surface area (Å²) in [5, 5.41) is 0. The van der Waals surface area contributed by atoms with Crippen LogP contribution in [0, 0.1) is 23.1 Å². The van der Waals surface area contributed by atoms with Gasteiger partial charge in [-0.3, -0.25) is 0 Å². The molecule has 3 N–H and O–H groups in total. The van der Waals surface area contributed by atoms with Crippen LogP contribution in [0.3, 0.4) is 0 Å². The van der Waals surface area contributed by atoms with Crippen molar-refractivity contribution in [3.8, 4) is 11.8 Å². The van der Waals surface area contributed by atoms with Gasteiger partial charge in [0, 0.05) is 12.1 Å². The summed E-state index contributed by atoms with van der Waals surface area (Å²) in [6.07, 6.45) is 0.811. The van der Waals surface area contributed by atoms with Gasteiger partial charge in [-0.25, -0.2) is 17.5 Å². The molecule has 0 saturated heterocycles. The number of nitrogens with two attached hydrogens (primary N) is 1. The molecule has 6 heteroatoms. The van der Waals surface area contributed by atoms with E-state index in [0.717, 1.165) is 12.5 Å². The van der Waals surface area contributed by atoms with Crippen LogP contribution in [0.1, 0.15) is 32.8 Å². The predicted molar refractivity (Wildman–Crippen MR) is 81.6 cm³/mol. The van der Waals surface area contributed by atoms with E-state index in [-0.39, 0.29) is 23.4 Å². The Morgan fingerprint density at radius 2 is 2.05 bits per heavy atom. The highest BCUT2D eigenvalue weighted by molar-refractivity contribution is 7.89. The molecule has 1 aromatic carbocycles. The van der Waals surface area contributed by atoms with Crippen LogP contribution < -0.4 is 10.5 Å². The molecule has 0 amide bonds. The molecule has 0 unspecified atom stereocenters. The number of hydrogen-bond donors (Lipinski definition) is 2. The van der Waals surface area contributed by atoms with Crippen molar-refractivity contribution in [1.82, 2.24) is 4.72 Å². The molecule has 1 aromatic rings. The first kappa shape index (κ1) is 17.6. The highest BCUT2D eigenvalue weighted by atomic mass is 32.2. The first-order chi connectivity index (χ1) is 9.72. The Morgan fingerprint density at radius 1 is 1.38 bits per heavy atom. The van der Waals surface area contributed by atoms with Crippen molar-refractivity contribution in [1.29, 1.82) is 0 Å². The third kappa shape index (κ3) is 5.12. The second-order valence-electron chi connectivity index (χ2n) is 5.49. The summed E-state index contributed by atoms with van der Waals surface area (Å²) in [4.78, 5) is -0.368. The second-order valence-corrected chi connectivity index (χ2v) is 7.23. The van der Waals surface area contributed by atoms with Gasteiger partial charge in [0.15, 0.2) is 0 Å². The Labute approximate surface area is 126 Å². The van der Waals surface area contributed by atoms with Gasteiger partial charge in [0.05, 0.1) is 6.54 Å². The maximum Gasteiger partial charge on any atom is 0.243 e. The lowest BCUT2D eigenvalue weighted by molar-refractivity contribution is 0.350. The fraction of sp³-hybridized carbons (Fsp3) is 0.467. The molecule has 0 spiro atoms. The Bertz CT molecular complexity index is 658. The lowest BCUT2D eigenvalue weighted by Gasteiger charge is -2.22. The minimum atomic E-state index is -3.87. The summed E-state index contributed by atoms with van der Waals surface area (Å²) in [7, 11) is -3.87. The van der Waals surface area contributed by atoms with Crippen LogP contribution in [0.2, 0.25) is 0 Å². The zero-order valence-electron chi connectivity index (χ0n) is 12.5. The smallest absolute Gasteiger partial charge is 0.243 e. The lowest BCUT2D eigenvalue weighted by atomic mass is 9.91. The van der Waals surface area contributed by atoms with Crippen LogP contribution in [-0.4, -0.2) is 21.5 Å². The Balaban J connectivity index is 2.99. The Hall–Kier alpha value is -1.42. The van der Waals surface area contributed by atoms with Crippen LogP contribution in [0.5, 0.6) is 0 Å². The fourth-order valence-corrected chi connectivity index (χ4v) is 2.74. The van der Waals surface area contributed by atoms with E-state index in [2.05, 4.69) is 16.6 Å². The molecule has 4 nitrogen and oxygen atoms in total. The van der Waals surface area contributed by atoms with Crippen LogP contribution in [0.15, 0.2) is 23.1 Å². The van der Waals surface area contributed by atoms with Crippen LogP contribution in [0.25, 0.3) is 0 Å². The summed E-state index contributed by atoms with van der Waals surface area (Å²) in [6, 6.07) is 3.78. The first-order valence-corrected chi connectivity index (χ1v) is 8.18. The summed E-state index contributed by atoms with van der Waals surface area (Å²) in [5.41, 5.74) is 5.44. The minimum absolute atomic E-state index is 0.162. The van der Waals surface area contributed by atoms with Crippen LogP contribution in [-0.2, 0) is 10.0 Å². The largest absolute Gasteiger partial charge is 0.320 e. The SMILES string of the molecule is CCC(C)(C)CNS(=O)(=O)c1ccc(C#CCN)cc1F. The molecule has 0 bridgehead atoms. The van der Waals surface area contributed by atoms with Crippen molar-refractivity contribution in [3.05, 3.63) is 29.6 Å². The van der Waals surface area contributed by atoms with Crippen LogP contribution >= 0.6 is 0 Å². The molecule has 0 aromatic heterocycles. The standard InChI is InChI=1S/C15H21FN2O2S/c1-4-15(2,3)11-18-21(19,20)14-8-7-12(6-5-9-17)10-13(14)16/h7-8,10,18H,4,9,11,17H2,1-3H3. The lowest BCUT2D eigenvalue weighted by Crippen LogP contribution is -2.34. The third-order valence-corrected chi connectivity index (χ3v) is 4.69. The minimum Gasteiger partial charge on any atom is -0.320 e. The number of hydrogen-bond acceptors (Lipinski definition) is 3. The summed E-state index contributed by atoms with van der Waals surface area (Å²) in [6.45, 7) is 6.27. The van der Waals surface area contributed by atoms with Crippen LogP contribution in [0.4, 0.5) is 4.39 Å².